The van der Waals surface area contributed by atoms with Gasteiger partial charge in [-0.05, 0) is 41.6 Å². The first-order chi connectivity index (χ1) is 7.33. The number of nitrogens with one attached hydrogen (secondary N) is 1. The number of halogens is 1. The molecule has 0 amide bonds. The van der Waals surface area contributed by atoms with E-state index in [0.29, 0.717) is 6.04 Å². The lowest BCUT2D eigenvalue weighted by atomic mass is 10.0. The van der Waals surface area contributed by atoms with Gasteiger partial charge in [0.25, 0.3) is 0 Å². The summed E-state index contributed by atoms with van der Waals surface area (Å²) in [6.45, 7) is 4.10. The summed E-state index contributed by atoms with van der Waals surface area (Å²) in [7, 11) is 0. The van der Waals surface area contributed by atoms with Crippen molar-refractivity contribution in [3.8, 4) is 5.75 Å². The highest BCUT2D eigenvalue weighted by atomic mass is 127. The van der Waals surface area contributed by atoms with Crippen LogP contribution >= 0.6 is 22.6 Å². The normalized spacial score (nSPS) is 19.5. The summed E-state index contributed by atoms with van der Waals surface area (Å²) in [5.74, 6) is 1.08. The predicted molar refractivity (Wildman–Crippen MR) is 70.3 cm³/mol. The summed E-state index contributed by atoms with van der Waals surface area (Å²) in [6.07, 6.45) is 2.25. The van der Waals surface area contributed by atoms with Gasteiger partial charge in [-0.25, -0.2) is 0 Å². The third kappa shape index (κ3) is 2.45. The van der Waals surface area contributed by atoms with Crippen molar-refractivity contribution >= 4 is 22.6 Å². The number of para-hydroxylation sites is 1. The summed E-state index contributed by atoms with van der Waals surface area (Å²) in [5.41, 5.74) is 1.32. The van der Waals surface area contributed by atoms with Crippen molar-refractivity contribution in [1.82, 2.24) is 5.32 Å². The van der Waals surface area contributed by atoms with Gasteiger partial charge in [-0.2, -0.15) is 0 Å². The van der Waals surface area contributed by atoms with Gasteiger partial charge in [0, 0.05) is 18.0 Å². The molecule has 2 rings (SSSR count). The smallest absolute Gasteiger partial charge is 0.137 e. The maximum atomic E-state index is 5.72. The van der Waals surface area contributed by atoms with Crippen LogP contribution in [0, 0.1) is 3.57 Å². The molecule has 1 N–H and O–H groups in total. The van der Waals surface area contributed by atoms with Crippen LogP contribution in [0.3, 0.4) is 0 Å². The molecule has 2 nitrogen and oxygen atoms in total. The quantitative estimate of drug-likeness (QED) is 0.865. The highest BCUT2D eigenvalue weighted by molar-refractivity contribution is 14.1. The van der Waals surface area contributed by atoms with Crippen molar-refractivity contribution in [2.45, 2.75) is 25.8 Å². The molecule has 0 spiro atoms. The second kappa shape index (κ2) is 5.16. The van der Waals surface area contributed by atoms with Crippen LogP contribution < -0.4 is 10.1 Å². The lowest BCUT2D eigenvalue weighted by Gasteiger charge is -2.27. The second-order valence-corrected chi connectivity index (χ2v) is 4.96. The Morgan fingerprint density at radius 2 is 2.40 bits per heavy atom. The molecule has 82 valence electrons. The van der Waals surface area contributed by atoms with Gasteiger partial charge in [-0.1, -0.05) is 19.1 Å². The number of hydrogen-bond acceptors (Lipinski definition) is 2. The highest BCUT2D eigenvalue weighted by Crippen LogP contribution is 2.35. The molecular formula is C12H16INO. The Morgan fingerprint density at radius 3 is 3.20 bits per heavy atom. The van der Waals surface area contributed by atoms with Gasteiger partial charge in [-0.3, -0.25) is 0 Å². The third-order valence-corrected chi connectivity index (χ3v) is 3.52. The molecule has 1 aromatic rings. The van der Waals surface area contributed by atoms with Gasteiger partial charge >= 0.3 is 0 Å². The lowest BCUT2D eigenvalue weighted by molar-refractivity contribution is 0.251. The molecule has 1 aliphatic rings. The van der Waals surface area contributed by atoms with Crippen LogP contribution in [0.5, 0.6) is 5.75 Å². The summed E-state index contributed by atoms with van der Waals surface area (Å²) < 4.78 is 6.93. The SMILES string of the molecule is CCCNC1CCOc2c(I)cccc21. The van der Waals surface area contributed by atoms with E-state index in [-0.39, 0.29) is 0 Å². The largest absolute Gasteiger partial charge is 0.492 e. The van der Waals surface area contributed by atoms with E-state index in [0.717, 1.165) is 25.3 Å². The van der Waals surface area contributed by atoms with E-state index >= 15 is 0 Å². The Kier molecular flexibility index (Phi) is 3.86. The molecule has 0 radical (unpaired) electrons. The van der Waals surface area contributed by atoms with Gasteiger partial charge < -0.3 is 10.1 Å². The molecular weight excluding hydrogens is 301 g/mol. The molecule has 0 fully saturated rings. The van der Waals surface area contributed by atoms with Gasteiger partial charge in [0.2, 0.25) is 0 Å². The van der Waals surface area contributed by atoms with Crippen LogP contribution in [-0.2, 0) is 0 Å². The van der Waals surface area contributed by atoms with Gasteiger partial charge in [-0.15, -0.1) is 0 Å². The van der Waals surface area contributed by atoms with Crippen LogP contribution in [0.15, 0.2) is 18.2 Å². The Morgan fingerprint density at radius 1 is 1.53 bits per heavy atom. The number of rotatable bonds is 3. The molecule has 1 atom stereocenters. The van der Waals surface area contributed by atoms with E-state index < -0.39 is 0 Å². The van der Waals surface area contributed by atoms with Crippen molar-refractivity contribution in [2.75, 3.05) is 13.2 Å². The Bertz CT molecular complexity index is 340. The molecule has 0 saturated heterocycles. The molecule has 0 aromatic heterocycles. The average molecular weight is 317 g/mol. The molecule has 1 aromatic carbocycles. The molecule has 1 unspecified atom stereocenters. The molecule has 3 heteroatoms. The minimum absolute atomic E-state index is 0.475. The monoisotopic (exact) mass is 317 g/mol. The Labute approximate surface area is 105 Å². The maximum absolute atomic E-state index is 5.72. The van der Waals surface area contributed by atoms with Crippen LogP contribution in [0.2, 0.25) is 0 Å². The van der Waals surface area contributed by atoms with E-state index in [1.165, 1.54) is 15.6 Å². The van der Waals surface area contributed by atoms with Gasteiger partial charge in [0.05, 0.1) is 10.2 Å². The maximum Gasteiger partial charge on any atom is 0.137 e. The molecule has 1 aliphatic heterocycles. The van der Waals surface area contributed by atoms with Gasteiger partial charge in [0.15, 0.2) is 0 Å². The van der Waals surface area contributed by atoms with E-state index in [9.17, 15) is 0 Å². The van der Waals surface area contributed by atoms with E-state index in [1.54, 1.807) is 0 Å². The predicted octanol–water partition coefficient (Wildman–Crippen LogP) is 3.11. The number of hydrogen-bond donors (Lipinski definition) is 1. The fourth-order valence-electron chi connectivity index (χ4n) is 1.92. The molecule has 15 heavy (non-hydrogen) atoms. The van der Waals surface area contributed by atoms with Crippen molar-refractivity contribution in [3.63, 3.8) is 0 Å². The van der Waals surface area contributed by atoms with E-state index in [2.05, 4.69) is 53.0 Å². The van der Waals surface area contributed by atoms with Crippen LogP contribution in [0.25, 0.3) is 0 Å². The summed E-state index contributed by atoms with van der Waals surface area (Å²) in [4.78, 5) is 0. The number of ether oxygens (including phenoxy) is 1. The topological polar surface area (TPSA) is 21.3 Å². The lowest BCUT2D eigenvalue weighted by Crippen LogP contribution is -2.27. The van der Waals surface area contributed by atoms with Crippen LogP contribution in [0.4, 0.5) is 0 Å². The average Bonchev–Trinajstić information content (AvgIpc) is 2.27. The molecule has 1 heterocycles. The zero-order valence-corrected chi connectivity index (χ0v) is 11.1. The molecule has 0 saturated carbocycles. The first-order valence-corrected chi connectivity index (χ1v) is 6.55. The van der Waals surface area contributed by atoms with Gasteiger partial charge in [0.1, 0.15) is 5.75 Å². The minimum Gasteiger partial charge on any atom is -0.492 e. The highest BCUT2D eigenvalue weighted by Gasteiger charge is 2.21. The summed E-state index contributed by atoms with van der Waals surface area (Å²) in [6, 6.07) is 6.85. The first kappa shape index (κ1) is 11.2. The first-order valence-electron chi connectivity index (χ1n) is 5.47. The zero-order chi connectivity index (χ0) is 10.7. The van der Waals surface area contributed by atoms with E-state index in [4.69, 9.17) is 4.74 Å². The third-order valence-electron chi connectivity index (χ3n) is 2.67. The fraction of sp³-hybridized carbons (Fsp3) is 0.500. The zero-order valence-electron chi connectivity index (χ0n) is 8.92. The van der Waals surface area contributed by atoms with Crippen molar-refractivity contribution in [3.05, 3.63) is 27.3 Å². The summed E-state index contributed by atoms with van der Waals surface area (Å²) >= 11 is 2.34. The van der Waals surface area contributed by atoms with Crippen molar-refractivity contribution < 1.29 is 4.74 Å². The van der Waals surface area contributed by atoms with Crippen LogP contribution in [0.1, 0.15) is 31.4 Å². The number of fused-ring (bicyclic) bond motifs is 1. The standard InChI is InChI=1S/C12H16INO/c1-2-7-14-11-6-8-15-12-9(11)4-3-5-10(12)13/h3-5,11,14H,2,6-8H2,1H3. The van der Waals surface area contributed by atoms with E-state index in [1.807, 2.05) is 0 Å². The summed E-state index contributed by atoms with van der Waals surface area (Å²) in [5, 5.41) is 3.57. The Hall–Kier alpha value is -0.290. The molecule has 0 bridgehead atoms. The molecule has 0 aliphatic carbocycles. The second-order valence-electron chi connectivity index (χ2n) is 3.80. The minimum atomic E-state index is 0.475. The van der Waals surface area contributed by atoms with Crippen LogP contribution in [-0.4, -0.2) is 13.2 Å². The number of benzene rings is 1. The Balaban J connectivity index is 2.22. The van der Waals surface area contributed by atoms with Crippen molar-refractivity contribution in [1.29, 1.82) is 0 Å². The fourth-order valence-corrected chi connectivity index (χ4v) is 2.59. The van der Waals surface area contributed by atoms with Crippen molar-refractivity contribution in [2.24, 2.45) is 0 Å².